The van der Waals surface area contributed by atoms with E-state index in [9.17, 15) is 0 Å². The highest BCUT2D eigenvalue weighted by molar-refractivity contribution is 4.92. The molecule has 14 heavy (non-hydrogen) atoms. The fourth-order valence-electron chi connectivity index (χ4n) is 2.00. The van der Waals surface area contributed by atoms with Gasteiger partial charge in [-0.3, -0.25) is 0 Å². The van der Waals surface area contributed by atoms with Gasteiger partial charge in [0.15, 0.2) is 0 Å². The molecule has 0 radical (unpaired) electrons. The van der Waals surface area contributed by atoms with Crippen molar-refractivity contribution in [1.29, 1.82) is 0 Å². The first-order valence-corrected chi connectivity index (χ1v) is 4.98. The molecule has 1 heterocycles. The molecule has 0 N–H and O–H groups in total. The second-order valence-electron chi connectivity index (χ2n) is 3.48. The van der Waals surface area contributed by atoms with Crippen molar-refractivity contribution in [1.82, 2.24) is 0 Å². The molecule has 84 valence electrons. The molecule has 0 saturated carbocycles. The van der Waals surface area contributed by atoms with Gasteiger partial charge in [-0.25, -0.2) is 0 Å². The molecule has 0 spiro atoms. The molecule has 0 aliphatic carbocycles. The third-order valence-corrected chi connectivity index (χ3v) is 2.68. The van der Waals surface area contributed by atoms with Crippen molar-refractivity contribution in [2.75, 3.05) is 27.9 Å². The van der Waals surface area contributed by atoms with Gasteiger partial charge in [-0.1, -0.05) is 6.92 Å². The summed E-state index contributed by atoms with van der Waals surface area (Å²) >= 11 is 0. The zero-order valence-corrected chi connectivity index (χ0v) is 9.36. The van der Waals surface area contributed by atoms with Gasteiger partial charge in [-0.05, 0) is 6.42 Å². The van der Waals surface area contributed by atoms with E-state index in [1.807, 2.05) is 0 Å². The van der Waals surface area contributed by atoms with Crippen LogP contribution in [0.15, 0.2) is 0 Å². The van der Waals surface area contributed by atoms with Crippen LogP contribution in [0.1, 0.15) is 13.3 Å². The minimum absolute atomic E-state index is 0.0140. The van der Waals surface area contributed by atoms with Crippen LogP contribution in [0, 0.1) is 0 Å². The van der Waals surface area contributed by atoms with Gasteiger partial charge in [0.25, 0.3) is 0 Å². The van der Waals surface area contributed by atoms with E-state index in [1.165, 1.54) is 0 Å². The summed E-state index contributed by atoms with van der Waals surface area (Å²) in [5.74, 6) is 0. The van der Waals surface area contributed by atoms with E-state index in [0.29, 0.717) is 6.61 Å². The lowest BCUT2D eigenvalue weighted by molar-refractivity contribution is -0.0478. The molecule has 1 aliphatic rings. The smallest absolute Gasteiger partial charge is 0.114 e. The highest BCUT2D eigenvalue weighted by atomic mass is 16.6. The number of ether oxygens (including phenoxy) is 4. The minimum Gasteiger partial charge on any atom is -0.382 e. The molecule has 0 bridgehead atoms. The van der Waals surface area contributed by atoms with E-state index in [0.717, 1.165) is 6.42 Å². The summed E-state index contributed by atoms with van der Waals surface area (Å²) in [7, 11) is 5.04. The van der Waals surface area contributed by atoms with Crippen LogP contribution in [-0.4, -0.2) is 52.4 Å². The predicted molar refractivity (Wildman–Crippen MR) is 52.4 cm³/mol. The number of methoxy groups -OCH3 is 3. The van der Waals surface area contributed by atoms with Crippen molar-refractivity contribution < 1.29 is 18.9 Å². The van der Waals surface area contributed by atoms with Gasteiger partial charge in [0.05, 0.1) is 12.7 Å². The van der Waals surface area contributed by atoms with E-state index >= 15 is 0 Å². The third kappa shape index (κ3) is 2.25. The van der Waals surface area contributed by atoms with Crippen LogP contribution in [0.5, 0.6) is 0 Å². The first kappa shape index (κ1) is 11.9. The molecule has 1 rings (SSSR count). The monoisotopic (exact) mass is 204 g/mol. The zero-order chi connectivity index (χ0) is 10.6. The minimum atomic E-state index is -0.0232. The van der Waals surface area contributed by atoms with Gasteiger partial charge < -0.3 is 18.9 Å². The third-order valence-electron chi connectivity index (χ3n) is 2.68. The second-order valence-corrected chi connectivity index (χ2v) is 3.48. The van der Waals surface area contributed by atoms with Crippen LogP contribution < -0.4 is 0 Å². The van der Waals surface area contributed by atoms with Crippen LogP contribution in [0.4, 0.5) is 0 Å². The second kappa shape index (κ2) is 5.66. The van der Waals surface area contributed by atoms with Crippen molar-refractivity contribution in [3.8, 4) is 0 Å². The first-order chi connectivity index (χ1) is 6.78. The van der Waals surface area contributed by atoms with Gasteiger partial charge in [0.2, 0.25) is 0 Å². The van der Waals surface area contributed by atoms with E-state index in [-0.39, 0.29) is 24.4 Å². The van der Waals surface area contributed by atoms with Crippen molar-refractivity contribution >= 4 is 0 Å². The van der Waals surface area contributed by atoms with Crippen molar-refractivity contribution in [2.45, 2.75) is 37.8 Å². The lowest BCUT2D eigenvalue weighted by Crippen LogP contribution is -2.37. The molecule has 4 heteroatoms. The van der Waals surface area contributed by atoms with E-state index in [2.05, 4.69) is 6.92 Å². The fourth-order valence-corrected chi connectivity index (χ4v) is 2.00. The summed E-state index contributed by atoms with van der Waals surface area (Å²) in [6.45, 7) is 2.63. The molecule has 1 saturated heterocycles. The van der Waals surface area contributed by atoms with Crippen LogP contribution in [0.2, 0.25) is 0 Å². The average Bonchev–Trinajstić information content (AvgIpc) is 2.55. The SMILES string of the molecule is CCC1OC(COC)C(OC)C1OC. The van der Waals surface area contributed by atoms with E-state index in [1.54, 1.807) is 21.3 Å². The van der Waals surface area contributed by atoms with Crippen LogP contribution in [-0.2, 0) is 18.9 Å². The van der Waals surface area contributed by atoms with Crippen molar-refractivity contribution in [3.05, 3.63) is 0 Å². The topological polar surface area (TPSA) is 36.9 Å². The van der Waals surface area contributed by atoms with Gasteiger partial charge >= 0.3 is 0 Å². The molecule has 4 nitrogen and oxygen atoms in total. The zero-order valence-electron chi connectivity index (χ0n) is 9.36. The molecular formula is C10H20O4. The quantitative estimate of drug-likeness (QED) is 0.665. The maximum absolute atomic E-state index is 5.78. The summed E-state index contributed by atoms with van der Waals surface area (Å²) in [5, 5.41) is 0. The lowest BCUT2D eigenvalue weighted by Gasteiger charge is -2.20. The molecule has 4 atom stereocenters. The average molecular weight is 204 g/mol. The highest BCUT2D eigenvalue weighted by Gasteiger charge is 2.44. The fraction of sp³-hybridized carbons (Fsp3) is 1.00. The Morgan fingerprint density at radius 1 is 1.00 bits per heavy atom. The Hall–Kier alpha value is -0.160. The Balaban J connectivity index is 2.62. The molecule has 1 fully saturated rings. The normalized spacial score (nSPS) is 37.7. The Kier molecular flexibility index (Phi) is 4.81. The summed E-state index contributed by atoms with van der Waals surface area (Å²) in [6.07, 6.45) is 1.03. The lowest BCUT2D eigenvalue weighted by atomic mass is 10.1. The maximum atomic E-state index is 5.78. The summed E-state index contributed by atoms with van der Waals surface area (Å²) in [4.78, 5) is 0. The van der Waals surface area contributed by atoms with Gasteiger partial charge in [0, 0.05) is 21.3 Å². The van der Waals surface area contributed by atoms with Crippen molar-refractivity contribution in [3.63, 3.8) is 0 Å². The number of hydrogen-bond acceptors (Lipinski definition) is 4. The molecule has 4 unspecified atom stereocenters. The standard InChI is InChI=1S/C10H20O4/c1-5-7-9(12-3)10(13-4)8(14-7)6-11-2/h7-10H,5-6H2,1-4H3. The van der Waals surface area contributed by atoms with Gasteiger partial charge in [0.1, 0.15) is 18.3 Å². The van der Waals surface area contributed by atoms with Crippen molar-refractivity contribution in [2.24, 2.45) is 0 Å². The predicted octanol–water partition coefficient (Wildman–Crippen LogP) is 0.840. The van der Waals surface area contributed by atoms with Gasteiger partial charge in [-0.2, -0.15) is 0 Å². The highest BCUT2D eigenvalue weighted by Crippen LogP contribution is 2.27. The van der Waals surface area contributed by atoms with Crippen LogP contribution >= 0.6 is 0 Å². The van der Waals surface area contributed by atoms with Gasteiger partial charge in [-0.15, -0.1) is 0 Å². The number of rotatable bonds is 5. The Labute approximate surface area is 85.5 Å². The van der Waals surface area contributed by atoms with Crippen LogP contribution in [0.25, 0.3) is 0 Å². The van der Waals surface area contributed by atoms with Crippen LogP contribution in [0.3, 0.4) is 0 Å². The Bertz CT molecular complexity index is 162. The Morgan fingerprint density at radius 3 is 2.00 bits per heavy atom. The summed E-state index contributed by atoms with van der Waals surface area (Å²) in [5.41, 5.74) is 0. The molecular weight excluding hydrogens is 184 g/mol. The van der Waals surface area contributed by atoms with E-state index in [4.69, 9.17) is 18.9 Å². The summed E-state index contributed by atoms with van der Waals surface area (Å²) < 4.78 is 21.6. The molecule has 0 aromatic heterocycles. The first-order valence-electron chi connectivity index (χ1n) is 4.98. The molecule has 0 aromatic rings. The largest absolute Gasteiger partial charge is 0.382 e. The molecule has 0 aromatic carbocycles. The maximum Gasteiger partial charge on any atom is 0.114 e. The molecule has 0 amide bonds. The Morgan fingerprint density at radius 2 is 1.57 bits per heavy atom. The summed E-state index contributed by atoms with van der Waals surface area (Å²) in [6, 6.07) is 0. The van der Waals surface area contributed by atoms with E-state index < -0.39 is 0 Å². The number of hydrogen-bond donors (Lipinski definition) is 0. The molecule has 1 aliphatic heterocycles.